The molecule has 0 saturated carbocycles. The lowest BCUT2D eigenvalue weighted by Gasteiger charge is -1.98. The molecule has 0 aliphatic rings. The Balaban J connectivity index is 2.69. The molecule has 0 heterocycles. The molecule has 1 N–H and O–H groups in total. The predicted molar refractivity (Wildman–Crippen MR) is 44.6 cm³/mol. The number of hydrazone groups is 1. The molecule has 12 heavy (non-hydrogen) atoms. The predicted octanol–water partition coefficient (Wildman–Crippen LogP) is 1.42. The highest BCUT2D eigenvalue weighted by molar-refractivity contribution is 6.13. The minimum absolute atomic E-state index is 0.246. The number of halogens is 1. The van der Waals surface area contributed by atoms with Gasteiger partial charge in [0.15, 0.2) is 6.29 Å². The summed E-state index contributed by atoms with van der Waals surface area (Å²) in [6, 6.07) is 6.07. The Morgan fingerprint density at radius 2 is 2.17 bits per heavy atom. The van der Waals surface area contributed by atoms with Crippen molar-refractivity contribution in [2.75, 3.05) is 5.43 Å². The first-order chi connectivity index (χ1) is 5.84. The average Bonchev–Trinajstić information content (AvgIpc) is 2.09. The van der Waals surface area contributed by atoms with Gasteiger partial charge in [-0.1, -0.05) is 12.1 Å². The number of hydrogen-bond acceptors (Lipinski definition) is 3. The second kappa shape index (κ2) is 4.23. The second-order valence-electron chi connectivity index (χ2n) is 2.01. The number of aldehydes is 1. The molecule has 0 radical (unpaired) electrons. The third-order valence-electron chi connectivity index (χ3n) is 1.19. The molecule has 0 bridgehead atoms. The van der Waals surface area contributed by atoms with Gasteiger partial charge in [0.1, 0.15) is 5.82 Å². The molecule has 62 valence electrons. The van der Waals surface area contributed by atoms with Gasteiger partial charge >= 0.3 is 0 Å². The number of hydrogen-bond donors (Lipinski definition) is 1. The molecule has 3 nitrogen and oxygen atoms in total. The molecule has 0 spiro atoms. The molecule has 0 saturated heterocycles. The Bertz CT molecular complexity index is 299. The second-order valence-corrected chi connectivity index (χ2v) is 2.01. The highest BCUT2D eigenvalue weighted by atomic mass is 19.1. The van der Waals surface area contributed by atoms with E-state index in [0.29, 0.717) is 6.29 Å². The van der Waals surface area contributed by atoms with E-state index in [1.54, 1.807) is 12.1 Å². The summed E-state index contributed by atoms with van der Waals surface area (Å²) in [5.41, 5.74) is 2.62. The van der Waals surface area contributed by atoms with E-state index in [1.165, 1.54) is 12.1 Å². The van der Waals surface area contributed by atoms with E-state index in [2.05, 4.69) is 10.5 Å². The van der Waals surface area contributed by atoms with Crippen LogP contribution in [0.1, 0.15) is 0 Å². The van der Waals surface area contributed by atoms with Gasteiger partial charge in [-0.2, -0.15) is 5.10 Å². The molecule has 1 aromatic rings. The number of nitrogens with one attached hydrogen (secondary N) is 1. The van der Waals surface area contributed by atoms with Crippen molar-refractivity contribution in [1.29, 1.82) is 0 Å². The number of nitrogens with zero attached hydrogens (tertiary/aromatic N) is 1. The van der Waals surface area contributed by atoms with Gasteiger partial charge in [-0.15, -0.1) is 0 Å². The molecular weight excluding hydrogens is 159 g/mol. The molecule has 0 unspecified atom stereocenters. The maximum Gasteiger partial charge on any atom is 0.162 e. The molecule has 0 aliphatic carbocycles. The number of para-hydroxylation sites is 1. The number of rotatable bonds is 3. The normalized spacial score (nSPS) is 10.1. The van der Waals surface area contributed by atoms with Crippen molar-refractivity contribution in [1.82, 2.24) is 0 Å². The zero-order valence-electron chi connectivity index (χ0n) is 6.20. The molecule has 0 atom stereocenters. The summed E-state index contributed by atoms with van der Waals surface area (Å²) >= 11 is 0. The quantitative estimate of drug-likeness (QED) is 0.419. The van der Waals surface area contributed by atoms with Crippen LogP contribution in [0.25, 0.3) is 0 Å². The highest BCUT2D eigenvalue weighted by Gasteiger charge is 1.95. The van der Waals surface area contributed by atoms with E-state index in [0.717, 1.165) is 6.21 Å². The fourth-order valence-electron chi connectivity index (χ4n) is 0.689. The number of carbonyl (C=O) groups is 1. The zero-order chi connectivity index (χ0) is 8.81. The van der Waals surface area contributed by atoms with Crippen molar-refractivity contribution in [2.45, 2.75) is 0 Å². The van der Waals surface area contributed by atoms with Gasteiger partial charge in [-0.05, 0) is 12.1 Å². The van der Waals surface area contributed by atoms with Crippen molar-refractivity contribution < 1.29 is 9.18 Å². The van der Waals surface area contributed by atoms with E-state index in [1.807, 2.05) is 0 Å². The fourth-order valence-corrected chi connectivity index (χ4v) is 0.689. The van der Waals surface area contributed by atoms with Gasteiger partial charge in [0.25, 0.3) is 0 Å². The number of benzene rings is 1. The van der Waals surface area contributed by atoms with E-state index >= 15 is 0 Å². The molecule has 1 rings (SSSR count). The van der Waals surface area contributed by atoms with Crippen molar-refractivity contribution in [2.24, 2.45) is 5.10 Å². The summed E-state index contributed by atoms with van der Waals surface area (Å²) in [6.45, 7) is 0. The lowest BCUT2D eigenvalue weighted by molar-refractivity contribution is -0.102. The van der Waals surface area contributed by atoms with Crippen molar-refractivity contribution in [3.63, 3.8) is 0 Å². The lowest BCUT2D eigenvalue weighted by atomic mass is 10.3. The van der Waals surface area contributed by atoms with E-state index in [9.17, 15) is 9.18 Å². The maximum atomic E-state index is 12.8. The van der Waals surface area contributed by atoms with Crippen LogP contribution >= 0.6 is 0 Å². The summed E-state index contributed by atoms with van der Waals surface area (Å²) in [7, 11) is 0. The van der Waals surface area contributed by atoms with Crippen molar-refractivity contribution in [3.8, 4) is 0 Å². The Labute approximate surface area is 68.9 Å². The molecule has 0 fully saturated rings. The first-order valence-corrected chi connectivity index (χ1v) is 3.32. The summed E-state index contributed by atoms with van der Waals surface area (Å²) < 4.78 is 12.8. The molecule has 1 aromatic carbocycles. The van der Waals surface area contributed by atoms with Crippen molar-refractivity contribution >= 4 is 18.2 Å². The molecule has 4 heteroatoms. The van der Waals surface area contributed by atoms with Gasteiger partial charge in [0, 0.05) is 0 Å². The number of anilines is 1. The largest absolute Gasteiger partial charge is 0.297 e. The minimum Gasteiger partial charge on any atom is -0.297 e. The number of carbonyl (C=O) groups excluding carboxylic acids is 1. The maximum absolute atomic E-state index is 12.8. The third-order valence-corrected chi connectivity index (χ3v) is 1.19. The SMILES string of the molecule is O=CC=NNc1ccccc1F. The van der Waals surface area contributed by atoms with Gasteiger partial charge < -0.3 is 0 Å². The fraction of sp³-hybridized carbons (Fsp3) is 0. The van der Waals surface area contributed by atoms with Gasteiger partial charge in [0.2, 0.25) is 0 Å². The summed E-state index contributed by atoms with van der Waals surface area (Å²) in [5.74, 6) is -0.402. The van der Waals surface area contributed by atoms with Crippen LogP contribution in [0.15, 0.2) is 29.4 Å². The summed E-state index contributed by atoms with van der Waals surface area (Å²) in [4.78, 5) is 9.80. The Morgan fingerprint density at radius 3 is 2.83 bits per heavy atom. The van der Waals surface area contributed by atoms with Gasteiger partial charge in [0.05, 0.1) is 11.9 Å². The lowest BCUT2D eigenvalue weighted by Crippen LogP contribution is -1.92. The first-order valence-electron chi connectivity index (χ1n) is 3.32. The highest BCUT2D eigenvalue weighted by Crippen LogP contribution is 2.11. The molecule has 0 amide bonds. The van der Waals surface area contributed by atoms with Crippen LogP contribution in [-0.2, 0) is 4.79 Å². The van der Waals surface area contributed by atoms with Crippen LogP contribution in [0, 0.1) is 5.82 Å². The summed E-state index contributed by atoms with van der Waals surface area (Å²) in [6.07, 6.45) is 1.51. The smallest absolute Gasteiger partial charge is 0.162 e. The molecule has 0 aliphatic heterocycles. The van der Waals surface area contributed by atoms with Crippen LogP contribution < -0.4 is 5.43 Å². The molecular formula is C8H7FN2O. The van der Waals surface area contributed by atoms with E-state index in [-0.39, 0.29) is 5.69 Å². The Morgan fingerprint density at radius 1 is 1.42 bits per heavy atom. The van der Waals surface area contributed by atoms with Gasteiger partial charge in [-0.3, -0.25) is 10.2 Å². The summed E-state index contributed by atoms with van der Waals surface area (Å²) in [5, 5.41) is 3.44. The van der Waals surface area contributed by atoms with Gasteiger partial charge in [-0.25, -0.2) is 4.39 Å². The van der Waals surface area contributed by atoms with Crippen LogP contribution in [0.5, 0.6) is 0 Å². The van der Waals surface area contributed by atoms with Crippen molar-refractivity contribution in [3.05, 3.63) is 30.1 Å². The standard InChI is InChI=1S/C8H7FN2O/c9-7-3-1-2-4-8(7)11-10-5-6-12/h1-6,11H. The Kier molecular flexibility index (Phi) is 2.95. The Hall–Kier alpha value is -1.71. The third kappa shape index (κ3) is 2.16. The minimum atomic E-state index is -0.402. The monoisotopic (exact) mass is 166 g/mol. The van der Waals surface area contributed by atoms with Crippen LogP contribution in [0.3, 0.4) is 0 Å². The first kappa shape index (κ1) is 8.39. The molecule has 0 aromatic heterocycles. The zero-order valence-corrected chi connectivity index (χ0v) is 6.20. The topological polar surface area (TPSA) is 41.5 Å². The van der Waals surface area contributed by atoms with Crippen LogP contribution in [0.2, 0.25) is 0 Å². The van der Waals surface area contributed by atoms with Crippen LogP contribution in [-0.4, -0.2) is 12.5 Å². The van der Waals surface area contributed by atoms with E-state index < -0.39 is 5.82 Å². The van der Waals surface area contributed by atoms with Crippen LogP contribution in [0.4, 0.5) is 10.1 Å². The van der Waals surface area contributed by atoms with E-state index in [4.69, 9.17) is 0 Å². The average molecular weight is 166 g/mol.